The summed E-state index contributed by atoms with van der Waals surface area (Å²) in [5.41, 5.74) is 1.96. The lowest BCUT2D eigenvalue weighted by Gasteiger charge is -2.34. The summed E-state index contributed by atoms with van der Waals surface area (Å²) in [6.45, 7) is 9.79. The molecule has 2 rings (SSSR count). The Morgan fingerprint density at radius 2 is 1.72 bits per heavy atom. The van der Waals surface area contributed by atoms with E-state index in [4.69, 9.17) is 0 Å². The first-order valence-corrected chi connectivity index (χ1v) is 6.40. The molecular formula is C15H21NO2. The van der Waals surface area contributed by atoms with Crippen LogP contribution in [0.15, 0.2) is 18.2 Å². The molecule has 0 aromatic heterocycles. The zero-order valence-electron chi connectivity index (χ0n) is 11.7. The number of Topliss-reactive ketones (excluding diaryl/α,β-unsaturated/α-hetero) is 1. The fourth-order valence-corrected chi connectivity index (χ4v) is 2.89. The van der Waals surface area contributed by atoms with Crippen molar-refractivity contribution in [2.75, 3.05) is 0 Å². The first-order valence-electron chi connectivity index (χ1n) is 6.40. The zero-order chi connectivity index (χ0) is 13.7. The maximum absolute atomic E-state index is 11.8. The standard InChI is InChI=1S/C15H21NO2/c1-6-13(17)10-7-8-11-12(9-10)15(4,5)16(18)14(11,2)3/h7-9,18H,6H2,1-5H3. The molecule has 1 heterocycles. The summed E-state index contributed by atoms with van der Waals surface area (Å²) in [7, 11) is 0. The van der Waals surface area contributed by atoms with Gasteiger partial charge in [-0.3, -0.25) is 4.79 Å². The third kappa shape index (κ3) is 1.62. The molecule has 1 aromatic carbocycles. The van der Waals surface area contributed by atoms with Crippen LogP contribution in [-0.2, 0) is 11.1 Å². The van der Waals surface area contributed by atoms with Gasteiger partial charge in [-0.05, 0) is 44.9 Å². The lowest BCUT2D eigenvalue weighted by molar-refractivity contribution is -0.216. The van der Waals surface area contributed by atoms with Gasteiger partial charge in [0.2, 0.25) is 0 Å². The van der Waals surface area contributed by atoms with E-state index in [1.165, 1.54) is 5.06 Å². The first-order chi connectivity index (χ1) is 8.22. The van der Waals surface area contributed by atoms with E-state index in [-0.39, 0.29) is 5.78 Å². The Morgan fingerprint density at radius 3 is 2.28 bits per heavy atom. The number of nitrogens with zero attached hydrogens (tertiary/aromatic N) is 1. The summed E-state index contributed by atoms with van der Waals surface area (Å²) >= 11 is 0. The molecule has 0 saturated carbocycles. The molecule has 0 saturated heterocycles. The molecule has 1 N–H and O–H groups in total. The molecular weight excluding hydrogens is 226 g/mol. The third-order valence-corrected chi connectivity index (χ3v) is 4.04. The van der Waals surface area contributed by atoms with Crippen LogP contribution in [0.3, 0.4) is 0 Å². The predicted molar refractivity (Wildman–Crippen MR) is 70.7 cm³/mol. The van der Waals surface area contributed by atoms with Gasteiger partial charge in [-0.2, -0.15) is 5.06 Å². The van der Waals surface area contributed by atoms with Crippen molar-refractivity contribution < 1.29 is 10.0 Å². The van der Waals surface area contributed by atoms with E-state index in [1.807, 2.05) is 52.8 Å². The number of rotatable bonds is 2. The molecule has 0 amide bonds. The van der Waals surface area contributed by atoms with E-state index in [9.17, 15) is 10.0 Å². The normalized spacial score (nSPS) is 20.8. The van der Waals surface area contributed by atoms with Gasteiger partial charge < -0.3 is 5.21 Å². The highest BCUT2D eigenvalue weighted by Crippen LogP contribution is 2.48. The van der Waals surface area contributed by atoms with Crippen LogP contribution >= 0.6 is 0 Å². The number of hydrogen-bond acceptors (Lipinski definition) is 3. The quantitative estimate of drug-likeness (QED) is 0.814. The molecule has 18 heavy (non-hydrogen) atoms. The second-order valence-corrected chi connectivity index (χ2v) is 5.97. The van der Waals surface area contributed by atoms with Gasteiger partial charge in [-0.25, -0.2) is 0 Å². The number of hydroxylamine groups is 2. The van der Waals surface area contributed by atoms with E-state index < -0.39 is 11.1 Å². The average molecular weight is 247 g/mol. The summed E-state index contributed by atoms with van der Waals surface area (Å²) in [4.78, 5) is 11.8. The molecule has 0 fully saturated rings. The average Bonchev–Trinajstić information content (AvgIpc) is 2.47. The fourth-order valence-electron chi connectivity index (χ4n) is 2.89. The second kappa shape index (κ2) is 3.90. The summed E-state index contributed by atoms with van der Waals surface area (Å²) in [5.74, 6) is 0.141. The number of hydrogen-bond donors (Lipinski definition) is 1. The Morgan fingerprint density at radius 1 is 1.17 bits per heavy atom. The third-order valence-electron chi connectivity index (χ3n) is 4.04. The van der Waals surface area contributed by atoms with Crippen molar-refractivity contribution in [3.8, 4) is 0 Å². The Balaban J connectivity index is 2.62. The zero-order valence-corrected chi connectivity index (χ0v) is 11.7. The Labute approximate surface area is 108 Å². The highest BCUT2D eigenvalue weighted by molar-refractivity contribution is 5.96. The molecule has 0 unspecified atom stereocenters. The minimum atomic E-state index is -0.469. The van der Waals surface area contributed by atoms with Gasteiger partial charge in [0.05, 0.1) is 11.1 Å². The maximum atomic E-state index is 11.8. The van der Waals surface area contributed by atoms with Crippen molar-refractivity contribution in [2.45, 2.75) is 52.1 Å². The highest BCUT2D eigenvalue weighted by Gasteiger charge is 2.48. The number of carbonyl (C=O) groups is 1. The van der Waals surface area contributed by atoms with Gasteiger partial charge in [0.25, 0.3) is 0 Å². The lowest BCUT2D eigenvalue weighted by Crippen LogP contribution is -2.42. The van der Waals surface area contributed by atoms with Crippen LogP contribution in [0.2, 0.25) is 0 Å². The molecule has 1 aliphatic rings. The molecule has 1 aromatic rings. The SMILES string of the molecule is CCC(=O)c1ccc2c(c1)C(C)(C)N(O)C2(C)C. The van der Waals surface area contributed by atoms with Crippen molar-refractivity contribution in [1.29, 1.82) is 0 Å². The van der Waals surface area contributed by atoms with Crippen molar-refractivity contribution in [3.05, 3.63) is 34.9 Å². The predicted octanol–water partition coefficient (Wildman–Crippen LogP) is 3.45. The summed E-state index contributed by atoms with van der Waals surface area (Å²) in [6.07, 6.45) is 0.505. The van der Waals surface area contributed by atoms with Crippen molar-refractivity contribution in [1.82, 2.24) is 5.06 Å². The van der Waals surface area contributed by atoms with E-state index in [1.54, 1.807) is 0 Å². The Kier molecular flexibility index (Phi) is 2.87. The van der Waals surface area contributed by atoms with E-state index in [2.05, 4.69) is 0 Å². The minimum absolute atomic E-state index is 0.141. The number of ketones is 1. The second-order valence-electron chi connectivity index (χ2n) is 5.97. The monoisotopic (exact) mass is 247 g/mol. The fraction of sp³-hybridized carbons (Fsp3) is 0.533. The smallest absolute Gasteiger partial charge is 0.162 e. The van der Waals surface area contributed by atoms with E-state index >= 15 is 0 Å². The van der Waals surface area contributed by atoms with Crippen LogP contribution in [0.25, 0.3) is 0 Å². The number of carbonyl (C=O) groups excluding carboxylic acids is 1. The van der Waals surface area contributed by atoms with Crippen molar-refractivity contribution >= 4 is 5.78 Å². The summed E-state index contributed by atoms with van der Waals surface area (Å²) in [6, 6.07) is 5.76. The first kappa shape index (κ1) is 13.2. The Bertz CT molecular complexity index is 503. The van der Waals surface area contributed by atoms with Gasteiger partial charge in [0.15, 0.2) is 5.78 Å². The topological polar surface area (TPSA) is 40.5 Å². The summed E-state index contributed by atoms with van der Waals surface area (Å²) < 4.78 is 0. The van der Waals surface area contributed by atoms with Crippen LogP contribution < -0.4 is 0 Å². The van der Waals surface area contributed by atoms with E-state index in [0.717, 1.165) is 16.7 Å². The van der Waals surface area contributed by atoms with Crippen LogP contribution in [0.4, 0.5) is 0 Å². The molecule has 3 nitrogen and oxygen atoms in total. The summed E-state index contributed by atoms with van der Waals surface area (Å²) in [5, 5.41) is 11.7. The molecule has 0 atom stereocenters. The minimum Gasteiger partial charge on any atom is -0.312 e. The maximum Gasteiger partial charge on any atom is 0.162 e. The molecule has 3 heteroatoms. The molecule has 0 aliphatic carbocycles. The van der Waals surface area contributed by atoms with Gasteiger partial charge in [-0.1, -0.05) is 19.1 Å². The Hall–Kier alpha value is -1.19. The van der Waals surface area contributed by atoms with Gasteiger partial charge in [0, 0.05) is 12.0 Å². The lowest BCUT2D eigenvalue weighted by atomic mass is 9.88. The molecule has 98 valence electrons. The van der Waals surface area contributed by atoms with Gasteiger partial charge >= 0.3 is 0 Å². The van der Waals surface area contributed by atoms with Crippen molar-refractivity contribution in [2.24, 2.45) is 0 Å². The number of fused-ring (bicyclic) bond motifs is 1. The van der Waals surface area contributed by atoms with Crippen LogP contribution in [-0.4, -0.2) is 16.1 Å². The number of benzene rings is 1. The van der Waals surface area contributed by atoms with Crippen LogP contribution in [0, 0.1) is 0 Å². The van der Waals surface area contributed by atoms with Gasteiger partial charge in [-0.15, -0.1) is 0 Å². The molecule has 1 aliphatic heterocycles. The van der Waals surface area contributed by atoms with Crippen LogP contribution in [0.1, 0.15) is 62.5 Å². The van der Waals surface area contributed by atoms with Gasteiger partial charge in [0.1, 0.15) is 0 Å². The highest BCUT2D eigenvalue weighted by atomic mass is 16.5. The molecule has 0 spiro atoms. The van der Waals surface area contributed by atoms with Crippen molar-refractivity contribution in [3.63, 3.8) is 0 Å². The van der Waals surface area contributed by atoms with Crippen LogP contribution in [0.5, 0.6) is 0 Å². The van der Waals surface area contributed by atoms with E-state index in [0.29, 0.717) is 6.42 Å². The molecule has 0 radical (unpaired) electrons. The largest absolute Gasteiger partial charge is 0.312 e. The molecule has 0 bridgehead atoms.